The van der Waals surface area contributed by atoms with Gasteiger partial charge in [0.25, 0.3) is 5.69 Å². The van der Waals surface area contributed by atoms with Gasteiger partial charge in [-0.2, -0.15) is 0 Å². The molecule has 0 saturated heterocycles. The van der Waals surface area contributed by atoms with E-state index in [1.54, 1.807) is 19.1 Å². The van der Waals surface area contributed by atoms with Crippen LogP contribution in [0.5, 0.6) is 0 Å². The van der Waals surface area contributed by atoms with Crippen molar-refractivity contribution in [1.82, 2.24) is 10.3 Å². The van der Waals surface area contributed by atoms with Crippen molar-refractivity contribution in [3.8, 4) is 0 Å². The van der Waals surface area contributed by atoms with E-state index in [0.717, 1.165) is 22.0 Å². The molecule has 1 atom stereocenters. The number of hydrogen-bond acceptors (Lipinski definition) is 5. The molecule has 0 bridgehead atoms. The summed E-state index contributed by atoms with van der Waals surface area (Å²) in [5.41, 5.74) is 2.85. The van der Waals surface area contributed by atoms with E-state index < -0.39 is 10.9 Å². The van der Waals surface area contributed by atoms with Gasteiger partial charge in [-0.15, -0.1) is 0 Å². The number of carbonyl (C=O) groups excluding carboxylic acids is 1. The van der Waals surface area contributed by atoms with E-state index in [1.807, 2.05) is 38.1 Å². The minimum atomic E-state index is -0.426. The Hall–Kier alpha value is -3.19. The number of aromatic amines is 1. The fraction of sp³-hybridized carbons (Fsp3) is 0.286. The van der Waals surface area contributed by atoms with E-state index in [2.05, 4.69) is 10.3 Å². The molecule has 0 amide bonds. The van der Waals surface area contributed by atoms with Crippen molar-refractivity contribution in [1.29, 1.82) is 0 Å². The molecule has 1 heterocycles. The number of nitrogens with one attached hydrogen (secondary N) is 2. The van der Waals surface area contributed by atoms with Gasteiger partial charge in [-0.3, -0.25) is 10.1 Å². The molecule has 0 unspecified atom stereocenters. The van der Waals surface area contributed by atoms with E-state index in [4.69, 9.17) is 4.74 Å². The molecule has 1 aromatic heterocycles. The van der Waals surface area contributed by atoms with E-state index in [-0.39, 0.29) is 24.4 Å². The van der Waals surface area contributed by atoms with Gasteiger partial charge in [-0.25, -0.2) is 4.79 Å². The molecule has 7 heteroatoms. The van der Waals surface area contributed by atoms with Gasteiger partial charge in [0.2, 0.25) is 0 Å². The van der Waals surface area contributed by atoms with Crippen molar-refractivity contribution >= 4 is 22.6 Å². The number of hydrogen-bond donors (Lipinski definition) is 2. The smallest absolute Gasteiger partial charge is 0.355 e. The van der Waals surface area contributed by atoms with E-state index in [1.165, 1.54) is 12.1 Å². The molecule has 3 aromatic rings. The van der Waals surface area contributed by atoms with E-state index in [0.29, 0.717) is 5.69 Å². The Kier molecular flexibility index (Phi) is 5.75. The topological polar surface area (TPSA) is 97.3 Å². The van der Waals surface area contributed by atoms with Gasteiger partial charge in [-0.1, -0.05) is 30.3 Å². The van der Waals surface area contributed by atoms with Crippen LogP contribution < -0.4 is 5.32 Å². The van der Waals surface area contributed by atoms with Crippen LogP contribution in [-0.2, 0) is 4.74 Å². The Morgan fingerprint density at radius 2 is 1.86 bits per heavy atom. The molecule has 3 rings (SSSR count). The lowest BCUT2D eigenvalue weighted by atomic mass is 9.94. The number of para-hydroxylation sites is 1. The largest absolute Gasteiger partial charge is 0.461 e. The fourth-order valence-electron chi connectivity index (χ4n) is 3.30. The average Bonchev–Trinajstić information content (AvgIpc) is 3.06. The summed E-state index contributed by atoms with van der Waals surface area (Å²) in [5.74, 6) is -0.425. The average molecular weight is 381 g/mol. The molecule has 2 aromatic carbocycles. The Balaban J connectivity index is 2.19. The van der Waals surface area contributed by atoms with E-state index >= 15 is 0 Å². The first-order valence-corrected chi connectivity index (χ1v) is 9.20. The Bertz CT molecular complexity index is 993. The van der Waals surface area contributed by atoms with Gasteiger partial charge >= 0.3 is 5.97 Å². The number of fused-ring (bicyclic) bond motifs is 1. The molecule has 7 nitrogen and oxygen atoms in total. The molecule has 0 radical (unpaired) electrons. The van der Waals surface area contributed by atoms with Crippen LogP contribution in [0, 0.1) is 10.1 Å². The summed E-state index contributed by atoms with van der Waals surface area (Å²) < 4.78 is 5.25. The number of non-ortho nitro benzene ring substituents is 1. The van der Waals surface area contributed by atoms with Crippen LogP contribution in [-0.4, -0.2) is 28.5 Å². The number of rotatable bonds is 7. The first-order chi connectivity index (χ1) is 13.4. The third-order valence-corrected chi connectivity index (χ3v) is 4.45. The number of benzene rings is 2. The molecule has 0 spiro atoms. The van der Waals surface area contributed by atoms with Gasteiger partial charge in [0, 0.05) is 34.6 Å². The highest BCUT2D eigenvalue weighted by molar-refractivity contribution is 5.99. The molecule has 0 aliphatic carbocycles. The minimum Gasteiger partial charge on any atom is -0.461 e. The molecule has 0 fully saturated rings. The maximum Gasteiger partial charge on any atom is 0.355 e. The summed E-state index contributed by atoms with van der Waals surface area (Å²) in [7, 11) is 0. The number of nitrogens with zero attached hydrogens (tertiary/aromatic N) is 1. The monoisotopic (exact) mass is 381 g/mol. The first-order valence-electron chi connectivity index (χ1n) is 9.20. The van der Waals surface area contributed by atoms with Crippen LogP contribution in [0.25, 0.3) is 10.9 Å². The summed E-state index contributed by atoms with van der Waals surface area (Å²) in [5, 5.41) is 15.4. The molecular weight excluding hydrogens is 358 g/mol. The lowest BCUT2D eigenvalue weighted by Gasteiger charge is -2.23. The molecular formula is C21H23N3O4. The van der Waals surface area contributed by atoms with Crippen LogP contribution in [0.4, 0.5) is 5.69 Å². The van der Waals surface area contributed by atoms with Crippen molar-refractivity contribution in [3.05, 3.63) is 75.5 Å². The SMILES string of the molecule is CCOC(=O)c1[nH]c2ccccc2c1[C@H](NC(C)C)c1ccc([N+](=O)[O-])cc1. The minimum absolute atomic E-state index is 0.0246. The zero-order valence-corrected chi connectivity index (χ0v) is 16.1. The zero-order chi connectivity index (χ0) is 20.3. The van der Waals surface area contributed by atoms with Crippen LogP contribution in [0.15, 0.2) is 48.5 Å². The number of carbonyl (C=O) groups is 1. The molecule has 2 N–H and O–H groups in total. The van der Waals surface area contributed by atoms with Crippen molar-refractivity contribution in [2.45, 2.75) is 32.9 Å². The van der Waals surface area contributed by atoms with Crippen LogP contribution in [0.3, 0.4) is 0 Å². The number of esters is 1. The quantitative estimate of drug-likeness (QED) is 0.360. The standard InChI is InChI=1S/C21H23N3O4/c1-4-28-21(25)20-18(16-7-5-6-8-17(16)23-20)19(22-13(2)3)14-9-11-15(12-10-14)24(26)27/h5-13,19,22-23H,4H2,1-3H3/t19-/m1/s1. The Morgan fingerprint density at radius 1 is 1.18 bits per heavy atom. The summed E-state index contributed by atoms with van der Waals surface area (Å²) in [6.45, 7) is 6.06. The molecule has 146 valence electrons. The van der Waals surface area contributed by atoms with E-state index in [9.17, 15) is 14.9 Å². The predicted octanol–water partition coefficient (Wildman–Crippen LogP) is 4.34. The highest BCUT2D eigenvalue weighted by Gasteiger charge is 2.27. The zero-order valence-electron chi connectivity index (χ0n) is 16.1. The summed E-state index contributed by atoms with van der Waals surface area (Å²) in [6, 6.07) is 13.8. The van der Waals surface area contributed by atoms with Crippen LogP contribution in [0.1, 0.15) is 48.4 Å². The van der Waals surface area contributed by atoms with Crippen LogP contribution >= 0.6 is 0 Å². The summed E-state index contributed by atoms with van der Waals surface area (Å²) >= 11 is 0. The molecule has 0 aliphatic rings. The summed E-state index contributed by atoms with van der Waals surface area (Å²) in [4.78, 5) is 26.4. The first kappa shape index (κ1) is 19.6. The second kappa shape index (κ2) is 8.22. The number of nitro benzene ring substituents is 1. The summed E-state index contributed by atoms with van der Waals surface area (Å²) in [6.07, 6.45) is 0. The maximum atomic E-state index is 12.6. The Labute approximate surface area is 162 Å². The van der Waals surface area contributed by atoms with Gasteiger partial charge in [0.05, 0.1) is 17.6 Å². The highest BCUT2D eigenvalue weighted by Crippen LogP contribution is 2.34. The van der Waals surface area contributed by atoms with Gasteiger partial charge in [-0.05, 0) is 32.4 Å². The number of nitro groups is 1. The van der Waals surface area contributed by atoms with Gasteiger partial charge in [0.15, 0.2) is 0 Å². The lowest BCUT2D eigenvalue weighted by Crippen LogP contribution is -2.30. The van der Waals surface area contributed by atoms with Crippen LogP contribution in [0.2, 0.25) is 0 Å². The molecule has 0 aliphatic heterocycles. The maximum absolute atomic E-state index is 12.6. The van der Waals surface area contributed by atoms with Crippen molar-refractivity contribution in [3.63, 3.8) is 0 Å². The predicted molar refractivity (Wildman–Crippen MR) is 107 cm³/mol. The normalized spacial score (nSPS) is 12.3. The lowest BCUT2D eigenvalue weighted by molar-refractivity contribution is -0.384. The van der Waals surface area contributed by atoms with Gasteiger partial charge in [0.1, 0.15) is 5.69 Å². The number of aromatic nitrogens is 1. The third-order valence-electron chi connectivity index (χ3n) is 4.45. The van der Waals surface area contributed by atoms with Crippen molar-refractivity contribution in [2.24, 2.45) is 0 Å². The number of ether oxygens (including phenoxy) is 1. The molecule has 0 saturated carbocycles. The third kappa shape index (κ3) is 3.89. The van der Waals surface area contributed by atoms with Crippen molar-refractivity contribution < 1.29 is 14.5 Å². The fourth-order valence-corrected chi connectivity index (χ4v) is 3.30. The number of H-pyrrole nitrogens is 1. The Morgan fingerprint density at radius 3 is 2.46 bits per heavy atom. The highest BCUT2D eigenvalue weighted by atomic mass is 16.6. The van der Waals surface area contributed by atoms with Gasteiger partial charge < -0.3 is 15.0 Å². The second-order valence-electron chi connectivity index (χ2n) is 6.78. The second-order valence-corrected chi connectivity index (χ2v) is 6.78. The van der Waals surface area contributed by atoms with Crippen molar-refractivity contribution in [2.75, 3.05) is 6.61 Å². The molecule has 28 heavy (non-hydrogen) atoms.